The highest BCUT2D eigenvalue weighted by molar-refractivity contribution is 5.79. The molecule has 0 saturated heterocycles. The van der Waals surface area contributed by atoms with Gasteiger partial charge in [-0.05, 0) is 13.0 Å². The minimum atomic E-state index is -0.332. The summed E-state index contributed by atoms with van der Waals surface area (Å²) in [6.07, 6.45) is 3.35. The molecule has 1 heterocycles. The molecule has 2 N–H and O–H groups in total. The lowest BCUT2D eigenvalue weighted by molar-refractivity contribution is -0.124. The molecule has 0 aliphatic rings. The Bertz CT molecular complexity index is 258. The Morgan fingerprint density at radius 3 is 3.08 bits per heavy atom. The van der Waals surface area contributed by atoms with Crippen molar-refractivity contribution >= 4 is 5.91 Å². The van der Waals surface area contributed by atoms with E-state index in [2.05, 4.69) is 10.4 Å². The van der Waals surface area contributed by atoms with Gasteiger partial charge in [-0.15, -0.1) is 0 Å². The van der Waals surface area contributed by atoms with Gasteiger partial charge in [-0.25, -0.2) is 0 Å². The lowest BCUT2D eigenvalue weighted by atomic mass is 10.3. The van der Waals surface area contributed by atoms with Gasteiger partial charge in [-0.2, -0.15) is 5.10 Å². The number of aliphatic hydroxyl groups excluding tert-OH is 1. The quantitative estimate of drug-likeness (QED) is 0.664. The number of hydrogen-bond acceptors (Lipinski definition) is 3. The SMILES string of the molecule is CC(C(=O)NCCO)n1cccn1. The third kappa shape index (κ3) is 2.55. The largest absolute Gasteiger partial charge is 0.395 e. The molecule has 0 saturated carbocycles. The van der Waals surface area contributed by atoms with E-state index in [4.69, 9.17) is 5.11 Å². The molecule has 1 amide bonds. The zero-order valence-corrected chi connectivity index (χ0v) is 7.47. The Morgan fingerprint density at radius 1 is 1.77 bits per heavy atom. The maximum atomic E-state index is 11.3. The maximum absolute atomic E-state index is 11.3. The Balaban J connectivity index is 2.48. The number of carbonyl (C=O) groups is 1. The van der Waals surface area contributed by atoms with E-state index in [0.29, 0.717) is 0 Å². The summed E-state index contributed by atoms with van der Waals surface area (Å²) in [5, 5.41) is 15.0. The molecular formula is C8H13N3O2. The standard InChI is InChI=1S/C8H13N3O2/c1-7(8(13)9-4-6-12)11-5-2-3-10-11/h2-3,5,7,12H,4,6H2,1H3,(H,9,13). The van der Waals surface area contributed by atoms with Gasteiger partial charge in [0.2, 0.25) is 5.91 Å². The van der Waals surface area contributed by atoms with Gasteiger partial charge in [-0.3, -0.25) is 9.48 Å². The van der Waals surface area contributed by atoms with Crippen LogP contribution in [0.3, 0.4) is 0 Å². The second-order valence-corrected chi connectivity index (χ2v) is 2.68. The van der Waals surface area contributed by atoms with E-state index in [1.165, 1.54) is 0 Å². The Labute approximate surface area is 76.4 Å². The van der Waals surface area contributed by atoms with Crippen molar-refractivity contribution in [3.8, 4) is 0 Å². The minimum absolute atomic E-state index is 0.0441. The summed E-state index contributed by atoms with van der Waals surface area (Å²) in [5.41, 5.74) is 0. The van der Waals surface area contributed by atoms with Crippen LogP contribution in [0.25, 0.3) is 0 Å². The van der Waals surface area contributed by atoms with Crippen LogP contribution < -0.4 is 5.32 Å². The summed E-state index contributed by atoms with van der Waals surface area (Å²) >= 11 is 0. The van der Waals surface area contributed by atoms with Crippen molar-refractivity contribution in [3.63, 3.8) is 0 Å². The zero-order chi connectivity index (χ0) is 9.68. The maximum Gasteiger partial charge on any atom is 0.244 e. The van der Waals surface area contributed by atoms with Crippen molar-refractivity contribution < 1.29 is 9.90 Å². The van der Waals surface area contributed by atoms with Crippen molar-refractivity contribution in [1.29, 1.82) is 0 Å². The van der Waals surface area contributed by atoms with Crippen molar-refractivity contribution in [2.24, 2.45) is 0 Å². The van der Waals surface area contributed by atoms with E-state index < -0.39 is 0 Å². The number of carbonyl (C=O) groups excluding carboxylic acids is 1. The molecule has 0 aliphatic carbocycles. The molecule has 5 heteroatoms. The van der Waals surface area contributed by atoms with Crippen molar-refractivity contribution in [2.75, 3.05) is 13.2 Å². The van der Waals surface area contributed by atoms with E-state index in [0.717, 1.165) is 0 Å². The second kappa shape index (κ2) is 4.61. The van der Waals surface area contributed by atoms with Crippen LogP contribution in [0, 0.1) is 0 Å². The second-order valence-electron chi connectivity index (χ2n) is 2.68. The highest BCUT2D eigenvalue weighted by atomic mass is 16.3. The van der Waals surface area contributed by atoms with Crippen LogP contribution in [0.15, 0.2) is 18.5 Å². The number of aliphatic hydroxyl groups is 1. The first kappa shape index (κ1) is 9.73. The van der Waals surface area contributed by atoms with Gasteiger partial charge in [0.25, 0.3) is 0 Å². The van der Waals surface area contributed by atoms with E-state index in [1.807, 2.05) is 0 Å². The predicted molar refractivity (Wildman–Crippen MR) is 47.0 cm³/mol. The number of hydrogen-bond donors (Lipinski definition) is 2. The molecule has 0 bridgehead atoms. The molecule has 72 valence electrons. The van der Waals surface area contributed by atoms with Crippen LogP contribution >= 0.6 is 0 Å². The number of nitrogens with one attached hydrogen (secondary N) is 1. The molecule has 5 nitrogen and oxygen atoms in total. The summed E-state index contributed by atoms with van der Waals surface area (Å²) in [4.78, 5) is 11.3. The van der Waals surface area contributed by atoms with Crippen molar-refractivity contribution in [3.05, 3.63) is 18.5 Å². The molecule has 0 aromatic carbocycles. The van der Waals surface area contributed by atoms with E-state index in [9.17, 15) is 4.79 Å². The average molecular weight is 183 g/mol. The predicted octanol–water partition coefficient (Wildman–Crippen LogP) is -0.447. The molecular weight excluding hydrogens is 170 g/mol. The lowest BCUT2D eigenvalue weighted by Gasteiger charge is -2.11. The van der Waals surface area contributed by atoms with E-state index >= 15 is 0 Å². The highest BCUT2D eigenvalue weighted by Gasteiger charge is 2.13. The van der Waals surface area contributed by atoms with Crippen LogP contribution in [0.5, 0.6) is 0 Å². The summed E-state index contributed by atoms with van der Waals surface area (Å²) in [7, 11) is 0. The smallest absolute Gasteiger partial charge is 0.244 e. The Hall–Kier alpha value is -1.36. The molecule has 13 heavy (non-hydrogen) atoms. The molecule has 1 rings (SSSR count). The molecule has 1 unspecified atom stereocenters. The van der Waals surface area contributed by atoms with Gasteiger partial charge < -0.3 is 10.4 Å². The summed E-state index contributed by atoms with van der Waals surface area (Å²) in [5.74, 6) is -0.141. The van der Waals surface area contributed by atoms with Crippen LogP contribution in [0.1, 0.15) is 13.0 Å². The first-order chi connectivity index (χ1) is 6.25. The Kier molecular flexibility index (Phi) is 3.45. The van der Waals surface area contributed by atoms with Crippen LogP contribution in [0.4, 0.5) is 0 Å². The number of amides is 1. The topological polar surface area (TPSA) is 67.2 Å². The number of aromatic nitrogens is 2. The van der Waals surface area contributed by atoms with E-state index in [1.54, 1.807) is 30.1 Å². The van der Waals surface area contributed by atoms with Gasteiger partial charge in [0.05, 0.1) is 6.61 Å². The van der Waals surface area contributed by atoms with Crippen molar-refractivity contribution in [1.82, 2.24) is 15.1 Å². The third-order valence-corrected chi connectivity index (χ3v) is 1.71. The number of nitrogens with zero attached hydrogens (tertiary/aromatic N) is 2. The fraction of sp³-hybridized carbons (Fsp3) is 0.500. The van der Waals surface area contributed by atoms with Gasteiger partial charge in [-0.1, -0.05) is 0 Å². The molecule has 1 aromatic rings. The fourth-order valence-electron chi connectivity index (χ4n) is 0.957. The fourth-order valence-corrected chi connectivity index (χ4v) is 0.957. The Morgan fingerprint density at radius 2 is 2.54 bits per heavy atom. The molecule has 1 atom stereocenters. The summed E-state index contributed by atoms with van der Waals surface area (Å²) < 4.78 is 1.56. The van der Waals surface area contributed by atoms with Gasteiger partial charge in [0, 0.05) is 18.9 Å². The van der Waals surface area contributed by atoms with Crippen molar-refractivity contribution in [2.45, 2.75) is 13.0 Å². The normalized spacial score (nSPS) is 12.5. The van der Waals surface area contributed by atoms with Gasteiger partial charge >= 0.3 is 0 Å². The lowest BCUT2D eigenvalue weighted by Crippen LogP contribution is -2.33. The molecule has 1 aromatic heterocycles. The first-order valence-electron chi connectivity index (χ1n) is 4.13. The van der Waals surface area contributed by atoms with Gasteiger partial charge in [0.1, 0.15) is 6.04 Å². The third-order valence-electron chi connectivity index (χ3n) is 1.71. The zero-order valence-electron chi connectivity index (χ0n) is 7.47. The van der Waals surface area contributed by atoms with Crippen LogP contribution in [-0.4, -0.2) is 33.9 Å². The highest BCUT2D eigenvalue weighted by Crippen LogP contribution is 2.01. The molecule has 0 fully saturated rings. The molecule has 0 radical (unpaired) electrons. The number of rotatable bonds is 4. The van der Waals surface area contributed by atoms with E-state index in [-0.39, 0.29) is 25.1 Å². The van der Waals surface area contributed by atoms with Crippen LogP contribution in [-0.2, 0) is 4.79 Å². The first-order valence-corrected chi connectivity index (χ1v) is 4.13. The average Bonchev–Trinajstić information content (AvgIpc) is 2.65. The molecule has 0 spiro atoms. The summed E-state index contributed by atoms with van der Waals surface area (Å²) in [6.45, 7) is 1.99. The summed E-state index contributed by atoms with van der Waals surface area (Å²) in [6, 6.07) is 1.43. The minimum Gasteiger partial charge on any atom is -0.395 e. The van der Waals surface area contributed by atoms with Crippen LogP contribution in [0.2, 0.25) is 0 Å². The monoisotopic (exact) mass is 183 g/mol. The molecule has 0 aliphatic heterocycles. The van der Waals surface area contributed by atoms with Gasteiger partial charge in [0.15, 0.2) is 0 Å².